The molecule has 2 aliphatic rings. The van der Waals surface area contributed by atoms with Gasteiger partial charge in [-0.05, 0) is 43.9 Å². The summed E-state index contributed by atoms with van der Waals surface area (Å²) in [4.78, 5) is 13.2. The summed E-state index contributed by atoms with van der Waals surface area (Å²) in [6.45, 7) is 2.25. The largest absolute Gasteiger partial charge is 0.366 e. The van der Waals surface area contributed by atoms with E-state index in [-0.39, 0.29) is 16.6 Å². The zero-order chi connectivity index (χ0) is 20.4. The van der Waals surface area contributed by atoms with E-state index in [1.165, 1.54) is 16.4 Å². The lowest BCUT2D eigenvalue weighted by atomic mass is 10.0. The van der Waals surface area contributed by atoms with Gasteiger partial charge in [-0.2, -0.15) is 9.40 Å². The molecule has 0 unspecified atom stereocenters. The highest BCUT2D eigenvalue weighted by molar-refractivity contribution is 7.89. The van der Waals surface area contributed by atoms with E-state index in [0.29, 0.717) is 31.9 Å². The van der Waals surface area contributed by atoms with E-state index in [0.717, 1.165) is 32.1 Å². The molecule has 0 spiro atoms. The molecular formula is C19H25N5O4S. The van der Waals surface area contributed by atoms with Crippen LogP contribution in [0.1, 0.15) is 38.1 Å². The fourth-order valence-corrected chi connectivity index (χ4v) is 5.74. The van der Waals surface area contributed by atoms with Gasteiger partial charge in [-0.15, -0.1) is 0 Å². The summed E-state index contributed by atoms with van der Waals surface area (Å²) in [6, 6.07) is 6.48. The second-order valence-electron chi connectivity index (χ2n) is 7.58. The van der Waals surface area contributed by atoms with Crippen LogP contribution < -0.4 is 4.90 Å². The fraction of sp³-hybridized carbons (Fsp3) is 0.526. The van der Waals surface area contributed by atoms with Crippen LogP contribution in [0.4, 0.5) is 11.4 Å². The van der Waals surface area contributed by atoms with Crippen LogP contribution in [0.3, 0.4) is 0 Å². The molecule has 3 heterocycles. The summed E-state index contributed by atoms with van der Waals surface area (Å²) in [5, 5.41) is 16.0. The second-order valence-corrected chi connectivity index (χ2v) is 9.51. The van der Waals surface area contributed by atoms with Crippen molar-refractivity contribution in [3.63, 3.8) is 0 Å². The summed E-state index contributed by atoms with van der Waals surface area (Å²) < 4.78 is 29.2. The van der Waals surface area contributed by atoms with Crippen LogP contribution in [-0.2, 0) is 10.0 Å². The van der Waals surface area contributed by atoms with Gasteiger partial charge in [-0.25, -0.2) is 8.42 Å². The molecule has 9 nitrogen and oxygen atoms in total. The first-order valence-electron chi connectivity index (χ1n) is 9.99. The van der Waals surface area contributed by atoms with Gasteiger partial charge in [0.2, 0.25) is 10.0 Å². The normalized spacial score (nSPS) is 19.4. The molecule has 0 atom stereocenters. The molecule has 10 heteroatoms. The van der Waals surface area contributed by atoms with E-state index < -0.39 is 14.9 Å². The average molecular weight is 420 g/mol. The lowest BCUT2D eigenvalue weighted by Crippen LogP contribution is -2.36. The molecule has 156 valence electrons. The van der Waals surface area contributed by atoms with Crippen LogP contribution in [0.5, 0.6) is 0 Å². The lowest BCUT2D eigenvalue weighted by Gasteiger charge is -2.33. The van der Waals surface area contributed by atoms with Crippen molar-refractivity contribution in [1.29, 1.82) is 0 Å². The number of benzene rings is 1. The van der Waals surface area contributed by atoms with Crippen molar-refractivity contribution in [2.75, 3.05) is 31.1 Å². The van der Waals surface area contributed by atoms with Crippen molar-refractivity contribution in [3.8, 4) is 0 Å². The minimum atomic E-state index is -3.71. The number of aromatic nitrogens is 2. The summed E-state index contributed by atoms with van der Waals surface area (Å²) in [7, 11) is -3.71. The fourth-order valence-electron chi connectivity index (χ4n) is 4.20. The quantitative estimate of drug-likeness (QED) is 0.546. The molecule has 29 heavy (non-hydrogen) atoms. The number of nitrogens with zero attached hydrogens (tertiary/aromatic N) is 5. The Morgan fingerprint density at radius 3 is 2.41 bits per heavy atom. The summed E-state index contributed by atoms with van der Waals surface area (Å²) in [5.74, 6) is 0. The van der Waals surface area contributed by atoms with Crippen LogP contribution in [0.2, 0.25) is 0 Å². The van der Waals surface area contributed by atoms with Crippen molar-refractivity contribution >= 4 is 21.4 Å². The van der Waals surface area contributed by atoms with Gasteiger partial charge in [0.25, 0.3) is 5.69 Å². The van der Waals surface area contributed by atoms with Gasteiger partial charge in [-0.3, -0.25) is 14.8 Å². The van der Waals surface area contributed by atoms with Crippen molar-refractivity contribution < 1.29 is 13.3 Å². The van der Waals surface area contributed by atoms with Crippen molar-refractivity contribution in [2.24, 2.45) is 0 Å². The minimum Gasteiger partial charge on any atom is -0.366 e. The van der Waals surface area contributed by atoms with Crippen LogP contribution in [0.25, 0.3) is 0 Å². The number of hydrogen-bond acceptors (Lipinski definition) is 6. The molecular weight excluding hydrogens is 394 g/mol. The molecule has 2 aromatic rings. The molecule has 0 aliphatic carbocycles. The molecule has 0 N–H and O–H groups in total. The molecule has 1 aromatic carbocycles. The SMILES string of the molecule is O=[N+]([O-])c1cc(S(=O)(=O)N2CCCCC2)ccc1N1CCC(n2cccn2)CC1. The summed E-state index contributed by atoms with van der Waals surface area (Å²) >= 11 is 0. The topological polar surface area (TPSA) is 102 Å². The van der Waals surface area contributed by atoms with Crippen LogP contribution >= 0.6 is 0 Å². The van der Waals surface area contributed by atoms with Gasteiger partial charge < -0.3 is 4.90 Å². The monoisotopic (exact) mass is 419 g/mol. The van der Waals surface area contributed by atoms with Gasteiger partial charge in [0, 0.05) is 44.6 Å². The van der Waals surface area contributed by atoms with Crippen LogP contribution in [0, 0.1) is 10.1 Å². The van der Waals surface area contributed by atoms with E-state index >= 15 is 0 Å². The maximum Gasteiger partial charge on any atom is 0.293 e. The third-order valence-electron chi connectivity index (χ3n) is 5.80. The Bertz CT molecular complexity index is 962. The van der Waals surface area contributed by atoms with Gasteiger partial charge in [-0.1, -0.05) is 6.42 Å². The van der Waals surface area contributed by atoms with Crippen molar-refractivity contribution in [3.05, 3.63) is 46.8 Å². The maximum atomic E-state index is 12.9. The van der Waals surface area contributed by atoms with Gasteiger partial charge >= 0.3 is 0 Å². The number of anilines is 1. The molecule has 0 saturated carbocycles. The highest BCUT2D eigenvalue weighted by Gasteiger charge is 2.31. The van der Waals surface area contributed by atoms with E-state index in [1.54, 1.807) is 12.3 Å². The molecule has 4 rings (SSSR count). The number of rotatable bonds is 5. The third kappa shape index (κ3) is 3.99. The van der Waals surface area contributed by atoms with Crippen molar-refractivity contribution in [1.82, 2.24) is 14.1 Å². The molecule has 0 amide bonds. The Kier molecular flexibility index (Phi) is 5.55. The second kappa shape index (κ2) is 8.11. The van der Waals surface area contributed by atoms with E-state index in [9.17, 15) is 18.5 Å². The Morgan fingerprint density at radius 2 is 1.79 bits per heavy atom. The lowest BCUT2D eigenvalue weighted by molar-refractivity contribution is -0.384. The number of sulfonamides is 1. The molecule has 0 radical (unpaired) electrons. The zero-order valence-electron chi connectivity index (χ0n) is 16.2. The minimum absolute atomic E-state index is 0.00118. The summed E-state index contributed by atoms with van der Waals surface area (Å²) in [5.41, 5.74) is 0.326. The first-order valence-corrected chi connectivity index (χ1v) is 11.4. The maximum absolute atomic E-state index is 12.9. The number of nitro benzene ring substituents is 1. The molecule has 2 fully saturated rings. The van der Waals surface area contributed by atoms with E-state index in [1.807, 2.05) is 21.8 Å². The number of hydrogen-bond donors (Lipinski definition) is 0. The first kappa shape index (κ1) is 19.8. The standard InChI is InChI=1S/C19H25N5O4S/c25-24(26)19-15-17(29(27,28)22-10-2-1-3-11-22)5-6-18(19)21-13-7-16(8-14-21)23-12-4-9-20-23/h4-6,9,12,15-16H,1-3,7-8,10-11,13-14H2. The zero-order valence-corrected chi connectivity index (χ0v) is 17.0. The Balaban J connectivity index is 1.56. The predicted octanol–water partition coefficient (Wildman–Crippen LogP) is 2.81. The molecule has 2 saturated heterocycles. The average Bonchev–Trinajstić information content (AvgIpc) is 3.29. The van der Waals surface area contributed by atoms with Gasteiger partial charge in [0.1, 0.15) is 5.69 Å². The van der Waals surface area contributed by atoms with Gasteiger partial charge in [0.15, 0.2) is 0 Å². The highest BCUT2D eigenvalue weighted by Crippen LogP contribution is 2.35. The van der Waals surface area contributed by atoms with Crippen LogP contribution in [0.15, 0.2) is 41.6 Å². The highest BCUT2D eigenvalue weighted by atomic mass is 32.2. The van der Waals surface area contributed by atoms with E-state index in [2.05, 4.69) is 5.10 Å². The smallest absolute Gasteiger partial charge is 0.293 e. The molecule has 0 bridgehead atoms. The third-order valence-corrected chi connectivity index (χ3v) is 7.70. The number of piperidine rings is 2. The predicted molar refractivity (Wildman–Crippen MR) is 108 cm³/mol. The number of nitro groups is 1. The summed E-state index contributed by atoms with van der Waals surface area (Å²) in [6.07, 6.45) is 8.00. The first-order chi connectivity index (χ1) is 14.0. The Hall–Kier alpha value is -2.46. The molecule has 2 aliphatic heterocycles. The van der Waals surface area contributed by atoms with Crippen molar-refractivity contribution in [2.45, 2.75) is 43.0 Å². The van der Waals surface area contributed by atoms with Crippen LogP contribution in [-0.4, -0.2) is 53.6 Å². The Morgan fingerprint density at radius 1 is 1.07 bits per heavy atom. The van der Waals surface area contributed by atoms with Gasteiger partial charge in [0.05, 0.1) is 15.9 Å². The Labute approximate surface area is 170 Å². The molecule has 1 aromatic heterocycles. The van der Waals surface area contributed by atoms with E-state index in [4.69, 9.17) is 0 Å².